The van der Waals surface area contributed by atoms with Crippen molar-refractivity contribution in [3.05, 3.63) is 35.4 Å². The molecule has 0 aliphatic carbocycles. The van der Waals surface area contributed by atoms with Crippen LogP contribution in [0.25, 0.3) is 0 Å². The van der Waals surface area contributed by atoms with E-state index in [4.69, 9.17) is 10.8 Å². The molecule has 4 nitrogen and oxygen atoms in total. The van der Waals surface area contributed by atoms with Gasteiger partial charge >= 0.3 is 5.97 Å². The molecule has 1 aromatic carbocycles. The minimum Gasteiger partial charge on any atom is -0.480 e. The second-order valence-corrected chi connectivity index (χ2v) is 4.12. The lowest BCUT2D eigenvalue weighted by Crippen LogP contribution is -2.34. The van der Waals surface area contributed by atoms with Crippen molar-refractivity contribution in [1.29, 1.82) is 0 Å². The number of carboxylic acids is 1. The number of nitrogens with one attached hydrogen (secondary N) is 1. The van der Waals surface area contributed by atoms with Crippen molar-refractivity contribution in [2.75, 3.05) is 7.05 Å². The predicted octanol–water partition coefficient (Wildman–Crippen LogP) is 1.31. The summed E-state index contributed by atoms with van der Waals surface area (Å²) < 4.78 is 0. The molecule has 0 amide bonds. The number of aliphatic carboxylic acids is 1. The summed E-state index contributed by atoms with van der Waals surface area (Å²) in [6.07, 6.45) is 1.39. The first-order valence-corrected chi connectivity index (χ1v) is 5.83. The van der Waals surface area contributed by atoms with Crippen LogP contribution in [0, 0.1) is 0 Å². The Balaban J connectivity index is 2.75. The molecule has 0 fully saturated rings. The Morgan fingerprint density at radius 1 is 1.41 bits per heavy atom. The SMILES string of the molecule is CCc1ccc(C(CC(N)C(=O)O)NC)cc1. The van der Waals surface area contributed by atoms with Gasteiger partial charge in [-0.3, -0.25) is 4.79 Å². The monoisotopic (exact) mass is 236 g/mol. The van der Waals surface area contributed by atoms with E-state index in [9.17, 15) is 4.79 Å². The van der Waals surface area contributed by atoms with Gasteiger partial charge in [0.2, 0.25) is 0 Å². The molecule has 1 aromatic rings. The average Bonchev–Trinajstić information content (AvgIpc) is 2.35. The van der Waals surface area contributed by atoms with Gasteiger partial charge in [-0.25, -0.2) is 0 Å². The Morgan fingerprint density at radius 3 is 2.41 bits per heavy atom. The number of aryl methyl sites for hydroxylation is 1. The largest absolute Gasteiger partial charge is 0.480 e. The molecule has 4 heteroatoms. The van der Waals surface area contributed by atoms with Crippen LogP contribution in [0.2, 0.25) is 0 Å². The average molecular weight is 236 g/mol. The van der Waals surface area contributed by atoms with Crippen LogP contribution in [0.15, 0.2) is 24.3 Å². The summed E-state index contributed by atoms with van der Waals surface area (Å²) in [4.78, 5) is 10.7. The van der Waals surface area contributed by atoms with E-state index in [1.165, 1.54) is 5.56 Å². The number of nitrogens with two attached hydrogens (primary N) is 1. The fourth-order valence-corrected chi connectivity index (χ4v) is 1.76. The highest BCUT2D eigenvalue weighted by Crippen LogP contribution is 2.18. The molecule has 2 atom stereocenters. The molecule has 0 spiro atoms. The number of carbonyl (C=O) groups is 1. The van der Waals surface area contributed by atoms with Gasteiger partial charge in [-0.05, 0) is 31.0 Å². The zero-order valence-corrected chi connectivity index (χ0v) is 10.3. The predicted molar refractivity (Wildman–Crippen MR) is 67.8 cm³/mol. The molecule has 0 saturated carbocycles. The van der Waals surface area contributed by atoms with Crippen molar-refractivity contribution in [3.63, 3.8) is 0 Å². The third kappa shape index (κ3) is 3.84. The Bertz CT molecular complexity index is 362. The maximum atomic E-state index is 10.7. The summed E-state index contributed by atoms with van der Waals surface area (Å²) in [5, 5.41) is 11.9. The second kappa shape index (κ2) is 6.37. The molecule has 0 heterocycles. The van der Waals surface area contributed by atoms with Gasteiger partial charge in [0.05, 0.1) is 0 Å². The Kier molecular flexibility index (Phi) is 5.12. The van der Waals surface area contributed by atoms with Crippen LogP contribution in [0.3, 0.4) is 0 Å². The summed E-state index contributed by atoms with van der Waals surface area (Å²) in [5.74, 6) is -0.963. The molecule has 94 valence electrons. The van der Waals surface area contributed by atoms with E-state index in [1.54, 1.807) is 0 Å². The first-order valence-electron chi connectivity index (χ1n) is 5.83. The molecule has 0 radical (unpaired) electrons. The van der Waals surface area contributed by atoms with E-state index in [-0.39, 0.29) is 6.04 Å². The van der Waals surface area contributed by atoms with Crippen molar-refractivity contribution in [2.24, 2.45) is 5.73 Å². The lowest BCUT2D eigenvalue weighted by molar-refractivity contribution is -0.138. The highest BCUT2D eigenvalue weighted by atomic mass is 16.4. The second-order valence-electron chi connectivity index (χ2n) is 4.12. The molecular weight excluding hydrogens is 216 g/mol. The van der Waals surface area contributed by atoms with Gasteiger partial charge in [0.15, 0.2) is 0 Å². The summed E-state index contributed by atoms with van der Waals surface area (Å²) in [6.45, 7) is 2.10. The summed E-state index contributed by atoms with van der Waals surface area (Å²) in [7, 11) is 1.81. The fraction of sp³-hybridized carbons (Fsp3) is 0.462. The minimum absolute atomic E-state index is 0.0213. The number of hydrogen-bond acceptors (Lipinski definition) is 3. The van der Waals surface area contributed by atoms with Crippen molar-refractivity contribution in [3.8, 4) is 0 Å². The van der Waals surface area contributed by atoms with Gasteiger partial charge in [-0.15, -0.1) is 0 Å². The quantitative estimate of drug-likeness (QED) is 0.696. The minimum atomic E-state index is -0.963. The topological polar surface area (TPSA) is 75.4 Å². The molecular formula is C13H20N2O2. The van der Waals surface area contributed by atoms with Crippen LogP contribution in [0.5, 0.6) is 0 Å². The van der Waals surface area contributed by atoms with Gasteiger partial charge in [0.25, 0.3) is 0 Å². The van der Waals surface area contributed by atoms with Crippen molar-refractivity contribution in [1.82, 2.24) is 5.32 Å². The van der Waals surface area contributed by atoms with E-state index in [2.05, 4.69) is 24.4 Å². The highest BCUT2D eigenvalue weighted by molar-refractivity contribution is 5.73. The number of rotatable bonds is 6. The van der Waals surface area contributed by atoms with Crippen LogP contribution >= 0.6 is 0 Å². The standard InChI is InChI=1S/C13H20N2O2/c1-3-9-4-6-10(7-5-9)12(15-2)8-11(14)13(16)17/h4-7,11-12,15H,3,8,14H2,1-2H3,(H,16,17). The molecule has 0 aliphatic heterocycles. The first kappa shape index (κ1) is 13.7. The van der Waals surface area contributed by atoms with Gasteiger partial charge in [-0.2, -0.15) is 0 Å². The number of carboxylic acid groups (broad SMARTS) is 1. The molecule has 0 aromatic heterocycles. The smallest absolute Gasteiger partial charge is 0.320 e. The van der Waals surface area contributed by atoms with E-state index in [1.807, 2.05) is 19.2 Å². The van der Waals surface area contributed by atoms with E-state index in [0.717, 1.165) is 12.0 Å². The maximum Gasteiger partial charge on any atom is 0.320 e. The Labute approximate surface area is 102 Å². The van der Waals surface area contributed by atoms with E-state index in [0.29, 0.717) is 6.42 Å². The van der Waals surface area contributed by atoms with Crippen molar-refractivity contribution >= 4 is 5.97 Å². The van der Waals surface area contributed by atoms with Crippen LogP contribution < -0.4 is 11.1 Å². The molecule has 0 aliphatic rings. The van der Waals surface area contributed by atoms with Crippen LogP contribution in [0.1, 0.15) is 30.5 Å². The molecule has 1 rings (SSSR count). The summed E-state index contributed by atoms with van der Waals surface area (Å²) >= 11 is 0. The van der Waals surface area contributed by atoms with Crippen LogP contribution in [0.4, 0.5) is 0 Å². The molecule has 17 heavy (non-hydrogen) atoms. The van der Waals surface area contributed by atoms with Gasteiger partial charge in [0, 0.05) is 6.04 Å². The lowest BCUT2D eigenvalue weighted by atomic mass is 9.98. The summed E-state index contributed by atoms with van der Waals surface area (Å²) in [5.41, 5.74) is 7.89. The fourth-order valence-electron chi connectivity index (χ4n) is 1.76. The zero-order chi connectivity index (χ0) is 12.8. The third-order valence-electron chi connectivity index (χ3n) is 2.95. The van der Waals surface area contributed by atoms with Crippen LogP contribution in [-0.4, -0.2) is 24.2 Å². The van der Waals surface area contributed by atoms with Crippen molar-refractivity contribution < 1.29 is 9.90 Å². The molecule has 4 N–H and O–H groups in total. The zero-order valence-electron chi connectivity index (χ0n) is 10.3. The van der Waals surface area contributed by atoms with E-state index >= 15 is 0 Å². The molecule has 0 saturated heterocycles. The van der Waals surface area contributed by atoms with Gasteiger partial charge in [0.1, 0.15) is 6.04 Å². The van der Waals surface area contributed by atoms with Crippen molar-refractivity contribution in [2.45, 2.75) is 31.8 Å². The maximum absolute atomic E-state index is 10.7. The Hall–Kier alpha value is -1.39. The number of benzene rings is 1. The summed E-state index contributed by atoms with van der Waals surface area (Å²) in [6, 6.07) is 7.31. The highest BCUT2D eigenvalue weighted by Gasteiger charge is 2.18. The normalized spacial score (nSPS) is 14.3. The molecule has 2 unspecified atom stereocenters. The first-order chi connectivity index (χ1) is 8.08. The van der Waals surface area contributed by atoms with Crippen LogP contribution in [-0.2, 0) is 11.2 Å². The number of hydrogen-bond donors (Lipinski definition) is 3. The Morgan fingerprint density at radius 2 is 2.00 bits per heavy atom. The molecule has 0 bridgehead atoms. The van der Waals surface area contributed by atoms with Gasteiger partial charge in [-0.1, -0.05) is 31.2 Å². The third-order valence-corrected chi connectivity index (χ3v) is 2.95. The lowest BCUT2D eigenvalue weighted by Gasteiger charge is -2.19. The van der Waals surface area contributed by atoms with Gasteiger partial charge < -0.3 is 16.2 Å². The van der Waals surface area contributed by atoms with E-state index < -0.39 is 12.0 Å².